The number of likely N-dealkylation sites (tertiary alicyclic amines) is 1. The number of halogens is 4. The fraction of sp³-hybridized carbons (Fsp3) is 0.500. The third kappa shape index (κ3) is 4.24. The second kappa shape index (κ2) is 9.16. The van der Waals surface area contributed by atoms with E-state index in [4.69, 9.17) is 11.6 Å². The molecule has 3 aliphatic heterocycles. The minimum absolute atomic E-state index is 0.0836. The average Bonchev–Trinajstić information content (AvgIpc) is 3.28. The van der Waals surface area contributed by atoms with Crippen molar-refractivity contribution in [3.63, 3.8) is 0 Å². The maximum atomic E-state index is 14.5. The first-order valence-corrected chi connectivity index (χ1v) is 13.1. The summed E-state index contributed by atoms with van der Waals surface area (Å²) in [5.74, 6) is -0.357. The fourth-order valence-electron chi connectivity index (χ4n) is 6.30. The maximum absolute atomic E-state index is 14.5. The van der Waals surface area contributed by atoms with Crippen LogP contribution in [-0.4, -0.2) is 57.8 Å². The van der Waals surface area contributed by atoms with Gasteiger partial charge >= 0.3 is 6.18 Å². The summed E-state index contributed by atoms with van der Waals surface area (Å²) in [6.07, 6.45) is 1.26. The van der Waals surface area contributed by atoms with Crippen molar-refractivity contribution in [2.75, 3.05) is 31.1 Å². The van der Waals surface area contributed by atoms with Gasteiger partial charge in [-0.15, -0.1) is 0 Å². The Bertz CT molecular complexity index is 1310. The predicted molar refractivity (Wildman–Crippen MR) is 134 cm³/mol. The van der Waals surface area contributed by atoms with Gasteiger partial charge in [0.1, 0.15) is 0 Å². The molecule has 11 heteroatoms. The zero-order valence-electron chi connectivity index (χ0n) is 20.3. The number of fused-ring (bicyclic) bond motifs is 3. The van der Waals surface area contributed by atoms with Crippen molar-refractivity contribution in [3.05, 3.63) is 52.9 Å². The van der Waals surface area contributed by atoms with Gasteiger partial charge in [-0.1, -0.05) is 23.7 Å². The molecule has 1 amide bonds. The largest absolute Gasteiger partial charge is 0.413 e. The van der Waals surface area contributed by atoms with Gasteiger partial charge in [0.15, 0.2) is 16.8 Å². The maximum Gasteiger partial charge on any atom is 0.413 e. The van der Waals surface area contributed by atoms with E-state index in [1.54, 1.807) is 28.9 Å². The van der Waals surface area contributed by atoms with Crippen LogP contribution in [0.15, 0.2) is 36.5 Å². The molecule has 37 heavy (non-hydrogen) atoms. The molecule has 5 heterocycles. The second-order valence-corrected chi connectivity index (χ2v) is 10.6. The Hall–Kier alpha value is -2.85. The molecule has 196 valence electrons. The van der Waals surface area contributed by atoms with E-state index in [9.17, 15) is 18.0 Å². The Morgan fingerprint density at radius 2 is 1.81 bits per heavy atom. The molecule has 7 nitrogen and oxygen atoms in total. The molecule has 0 saturated carbocycles. The van der Waals surface area contributed by atoms with Gasteiger partial charge < -0.3 is 15.1 Å². The van der Waals surface area contributed by atoms with E-state index in [-0.39, 0.29) is 18.0 Å². The van der Waals surface area contributed by atoms with Crippen molar-refractivity contribution in [1.82, 2.24) is 24.8 Å². The summed E-state index contributed by atoms with van der Waals surface area (Å²) in [5.41, 5.74) is 2.65. The highest BCUT2D eigenvalue weighted by molar-refractivity contribution is 6.29. The molecule has 0 unspecified atom stereocenters. The van der Waals surface area contributed by atoms with Gasteiger partial charge in [0, 0.05) is 24.8 Å². The molecule has 6 rings (SSSR count). The molecule has 3 aromatic rings. The lowest BCUT2D eigenvalue weighted by Crippen LogP contribution is -2.55. The summed E-state index contributed by atoms with van der Waals surface area (Å²) >= 11 is 6.08. The van der Waals surface area contributed by atoms with Crippen LogP contribution in [0.25, 0.3) is 5.65 Å². The standard InChI is InChI=1S/C26H28ClF3N6O/c27-21-15-22-32-16-20-19(36(22)33-21)3-1-13-34(20)18-6-4-17(5-7-18)23(26(28,29)30)35-14-2-8-25(24(35)37)9-11-31-12-10-25/h4-7,15-16,23,31H,1-3,8-14H2/t23-/m0/s1. The number of rotatable bonds is 3. The van der Waals surface area contributed by atoms with E-state index >= 15 is 0 Å². The first-order chi connectivity index (χ1) is 17.8. The van der Waals surface area contributed by atoms with E-state index < -0.39 is 17.6 Å². The fourth-order valence-corrected chi connectivity index (χ4v) is 6.47. The van der Waals surface area contributed by atoms with E-state index in [2.05, 4.69) is 15.4 Å². The van der Waals surface area contributed by atoms with Crippen LogP contribution in [-0.2, 0) is 11.2 Å². The number of piperidine rings is 2. The molecule has 0 aliphatic carbocycles. The second-order valence-electron chi connectivity index (χ2n) is 10.3. The number of amides is 1. The highest BCUT2D eigenvalue weighted by atomic mass is 35.5. The van der Waals surface area contributed by atoms with Crippen molar-refractivity contribution < 1.29 is 18.0 Å². The molecule has 1 N–H and O–H groups in total. The topological polar surface area (TPSA) is 65.8 Å². The number of anilines is 2. The third-order valence-electron chi connectivity index (χ3n) is 8.09. The number of carbonyl (C=O) groups is 1. The van der Waals surface area contributed by atoms with E-state index in [0.29, 0.717) is 56.1 Å². The summed E-state index contributed by atoms with van der Waals surface area (Å²) in [6, 6.07) is 6.17. The average molecular weight is 533 g/mol. The minimum Gasteiger partial charge on any atom is -0.339 e. The predicted octanol–water partition coefficient (Wildman–Crippen LogP) is 5.06. The number of nitrogens with one attached hydrogen (secondary N) is 1. The number of aromatic nitrogens is 3. The zero-order valence-corrected chi connectivity index (χ0v) is 21.0. The SMILES string of the molecule is O=C1N([C@@H](c2ccc(N3CCCc4c3cnc3cc(Cl)nn43)cc2)C(F)(F)F)CCCC12CCNCC2. The summed E-state index contributed by atoms with van der Waals surface area (Å²) in [5, 5.41) is 7.92. The molecular weight excluding hydrogens is 505 g/mol. The van der Waals surface area contributed by atoms with Gasteiger partial charge in [0.25, 0.3) is 0 Å². The number of alkyl halides is 3. The third-order valence-corrected chi connectivity index (χ3v) is 8.27. The molecular formula is C26H28ClF3N6O. The molecule has 2 aromatic heterocycles. The molecule has 1 aromatic carbocycles. The Morgan fingerprint density at radius 3 is 2.54 bits per heavy atom. The smallest absolute Gasteiger partial charge is 0.339 e. The lowest BCUT2D eigenvalue weighted by Gasteiger charge is -2.47. The van der Waals surface area contributed by atoms with Crippen LogP contribution in [0.1, 0.15) is 49.4 Å². The Morgan fingerprint density at radius 1 is 1.05 bits per heavy atom. The molecule has 2 saturated heterocycles. The molecule has 1 atom stereocenters. The normalized spacial score (nSPS) is 20.9. The number of hydrogen-bond acceptors (Lipinski definition) is 5. The van der Waals surface area contributed by atoms with Crippen molar-refractivity contribution >= 4 is 34.5 Å². The van der Waals surface area contributed by atoms with Gasteiger partial charge in [-0.05, 0) is 69.3 Å². The molecule has 3 aliphatic rings. The first kappa shape index (κ1) is 24.5. The van der Waals surface area contributed by atoms with Crippen LogP contribution in [0.5, 0.6) is 0 Å². The van der Waals surface area contributed by atoms with Gasteiger partial charge in [0.2, 0.25) is 5.91 Å². The van der Waals surface area contributed by atoms with Crippen molar-refractivity contribution in [1.29, 1.82) is 0 Å². The summed E-state index contributed by atoms with van der Waals surface area (Å²) in [6.45, 7) is 2.15. The van der Waals surface area contributed by atoms with E-state index in [1.807, 2.05) is 4.90 Å². The van der Waals surface area contributed by atoms with Crippen LogP contribution in [0, 0.1) is 5.41 Å². The van der Waals surface area contributed by atoms with Crippen LogP contribution in [0.4, 0.5) is 24.5 Å². The number of hydrogen-bond donors (Lipinski definition) is 1. The van der Waals surface area contributed by atoms with Gasteiger partial charge in [-0.2, -0.15) is 18.3 Å². The van der Waals surface area contributed by atoms with Crippen LogP contribution < -0.4 is 10.2 Å². The summed E-state index contributed by atoms with van der Waals surface area (Å²) < 4.78 is 45.2. The van der Waals surface area contributed by atoms with Crippen molar-refractivity contribution in [2.24, 2.45) is 5.41 Å². The van der Waals surface area contributed by atoms with Gasteiger partial charge in [-0.25, -0.2) is 9.50 Å². The molecule has 2 fully saturated rings. The minimum atomic E-state index is -4.57. The Balaban J connectivity index is 1.32. The van der Waals surface area contributed by atoms with Crippen molar-refractivity contribution in [3.8, 4) is 0 Å². The quantitative estimate of drug-likeness (QED) is 0.510. The van der Waals surface area contributed by atoms with Crippen LogP contribution in [0.2, 0.25) is 5.15 Å². The molecule has 1 spiro atoms. The van der Waals surface area contributed by atoms with E-state index in [1.165, 1.54) is 12.1 Å². The Kier molecular flexibility index (Phi) is 6.06. The number of carbonyl (C=O) groups excluding carboxylic acids is 1. The highest BCUT2D eigenvalue weighted by Gasteiger charge is 2.53. The summed E-state index contributed by atoms with van der Waals surface area (Å²) in [4.78, 5) is 21.1. The highest BCUT2D eigenvalue weighted by Crippen LogP contribution is 2.46. The number of benzene rings is 1. The Labute approximate surface area is 217 Å². The van der Waals surface area contributed by atoms with E-state index in [0.717, 1.165) is 34.8 Å². The molecule has 0 radical (unpaired) electrons. The first-order valence-electron chi connectivity index (χ1n) is 12.8. The van der Waals surface area contributed by atoms with Crippen LogP contribution >= 0.6 is 11.6 Å². The van der Waals surface area contributed by atoms with Crippen LogP contribution in [0.3, 0.4) is 0 Å². The lowest BCUT2D eigenvalue weighted by molar-refractivity contribution is -0.201. The van der Waals surface area contributed by atoms with Gasteiger partial charge in [0.05, 0.1) is 23.0 Å². The monoisotopic (exact) mass is 532 g/mol. The number of nitrogens with zero attached hydrogens (tertiary/aromatic N) is 5. The zero-order chi connectivity index (χ0) is 25.8. The summed E-state index contributed by atoms with van der Waals surface area (Å²) in [7, 11) is 0. The molecule has 0 bridgehead atoms. The lowest BCUT2D eigenvalue weighted by atomic mass is 9.71. The van der Waals surface area contributed by atoms with Crippen molar-refractivity contribution in [2.45, 2.75) is 50.7 Å². The number of aryl methyl sites for hydroxylation is 1. The van der Waals surface area contributed by atoms with Gasteiger partial charge in [-0.3, -0.25) is 4.79 Å².